The first-order valence-electron chi connectivity index (χ1n) is 8.32. The van der Waals surface area contributed by atoms with Gasteiger partial charge in [0.15, 0.2) is 0 Å². The number of nitrogens with zero attached hydrogens (tertiary/aromatic N) is 3. The van der Waals surface area contributed by atoms with E-state index in [2.05, 4.69) is 23.7 Å². The number of rotatable bonds is 4. The first-order chi connectivity index (χ1) is 11.5. The summed E-state index contributed by atoms with van der Waals surface area (Å²) >= 11 is 1.39. The third-order valence-electron chi connectivity index (χ3n) is 4.48. The molecule has 3 N–H and O–H groups in total. The molecule has 0 atom stereocenters. The van der Waals surface area contributed by atoms with E-state index < -0.39 is 0 Å². The zero-order chi connectivity index (χ0) is 17.3. The molecule has 0 bridgehead atoms. The van der Waals surface area contributed by atoms with Crippen LogP contribution in [0.15, 0.2) is 12.1 Å². The number of fused-ring (bicyclic) bond motifs is 1. The third kappa shape index (κ3) is 3.24. The molecule has 2 aromatic rings. The predicted octanol–water partition coefficient (Wildman–Crippen LogP) is 1.75. The summed E-state index contributed by atoms with van der Waals surface area (Å²) in [6.07, 6.45) is 0. The lowest BCUT2D eigenvalue weighted by atomic mass is 10.1. The molecule has 0 radical (unpaired) electrons. The van der Waals surface area contributed by atoms with Gasteiger partial charge in [-0.15, -0.1) is 11.3 Å². The lowest BCUT2D eigenvalue weighted by Gasteiger charge is -2.34. The number of nitrogen functional groups attached to an aromatic ring is 1. The molecule has 6 nitrogen and oxygen atoms in total. The third-order valence-corrected chi connectivity index (χ3v) is 5.58. The fraction of sp³-hybridized carbons (Fsp3) is 0.529. The van der Waals surface area contributed by atoms with Crippen LogP contribution in [0.3, 0.4) is 0 Å². The lowest BCUT2D eigenvalue weighted by molar-refractivity contribution is 0.0620. The minimum atomic E-state index is -0.00903. The van der Waals surface area contributed by atoms with Gasteiger partial charge in [0, 0.05) is 43.8 Å². The molecule has 0 saturated carbocycles. The summed E-state index contributed by atoms with van der Waals surface area (Å²) in [6.45, 7) is 7.91. The van der Waals surface area contributed by atoms with Crippen LogP contribution in [-0.4, -0.2) is 65.1 Å². The predicted molar refractivity (Wildman–Crippen MR) is 97.6 cm³/mol. The second-order valence-corrected chi connectivity index (χ2v) is 7.44. The van der Waals surface area contributed by atoms with E-state index >= 15 is 0 Å². The number of aliphatic hydroxyl groups excluding tert-OH is 1. The number of hydrogen-bond donors (Lipinski definition) is 2. The monoisotopic (exact) mass is 348 g/mol. The van der Waals surface area contributed by atoms with Crippen molar-refractivity contribution in [1.29, 1.82) is 0 Å². The Hall–Kier alpha value is -1.70. The number of anilines is 1. The minimum absolute atomic E-state index is 0.00903. The Morgan fingerprint density at radius 2 is 2.04 bits per heavy atom. The molecule has 0 aliphatic carbocycles. The van der Waals surface area contributed by atoms with E-state index in [1.165, 1.54) is 11.3 Å². The summed E-state index contributed by atoms with van der Waals surface area (Å²) in [5, 5.41) is 9.87. The van der Waals surface area contributed by atoms with Gasteiger partial charge in [-0.25, -0.2) is 4.98 Å². The Balaban J connectivity index is 1.81. The maximum absolute atomic E-state index is 12.8. The van der Waals surface area contributed by atoms with E-state index in [9.17, 15) is 4.79 Å². The van der Waals surface area contributed by atoms with Crippen LogP contribution >= 0.6 is 11.3 Å². The van der Waals surface area contributed by atoms with Gasteiger partial charge in [-0.3, -0.25) is 9.69 Å². The van der Waals surface area contributed by atoms with Crippen molar-refractivity contribution in [3.8, 4) is 0 Å². The van der Waals surface area contributed by atoms with Crippen molar-refractivity contribution >= 4 is 33.1 Å². The number of nitrogens with two attached hydrogens (primary N) is 1. The van der Waals surface area contributed by atoms with Crippen LogP contribution in [-0.2, 0) is 0 Å². The Morgan fingerprint density at radius 3 is 2.67 bits per heavy atom. The van der Waals surface area contributed by atoms with Gasteiger partial charge in [0.25, 0.3) is 5.91 Å². The van der Waals surface area contributed by atoms with E-state index in [0.717, 1.165) is 29.0 Å². The highest BCUT2D eigenvalue weighted by atomic mass is 32.1. The van der Waals surface area contributed by atoms with Gasteiger partial charge >= 0.3 is 0 Å². The first-order valence-corrected chi connectivity index (χ1v) is 9.14. The van der Waals surface area contributed by atoms with Crippen molar-refractivity contribution in [1.82, 2.24) is 14.8 Å². The Morgan fingerprint density at radius 1 is 1.33 bits per heavy atom. The van der Waals surface area contributed by atoms with Gasteiger partial charge in [0.2, 0.25) is 0 Å². The van der Waals surface area contributed by atoms with Crippen LogP contribution in [0.4, 0.5) is 5.69 Å². The number of piperazine rings is 1. The van der Waals surface area contributed by atoms with Crippen LogP contribution in [0.5, 0.6) is 0 Å². The van der Waals surface area contributed by atoms with E-state index in [4.69, 9.17) is 10.8 Å². The number of thiophene rings is 1. The molecule has 0 spiro atoms. The van der Waals surface area contributed by atoms with Crippen LogP contribution in [0.25, 0.3) is 10.2 Å². The molecule has 1 aliphatic heterocycles. The van der Waals surface area contributed by atoms with Crippen molar-refractivity contribution in [3.05, 3.63) is 22.7 Å². The van der Waals surface area contributed by atoms with Crippen LogP contribution in [0.1, 0.15) is 35.1 Å². The molecule has 1 amide bonds. The fourth-order valence-electron chi connectivity index (χ4n) is 2.95. The molecule has 24 heavy (non-hydrogen) atoms. The summed E-state index contributed by atoms with van der Waals surface area (Å²) < 4.78 is 0. The normalized spacial score (nSPS) is 16.2. The number of pyridine rings is 1. The Bertz CT molecular complexity index is 736. The number of hydrogen-bond acceptors (Lipinski definition) is 6. The van der Waals surface area contributed by atoms with Gasteiger partial charge in [0.1, 0.15) is 9.71 Å². The molecular weight excluding hydrogens is 324 g/mol. The quantitative estimate of drug-likeness (QED) is 0.880. The maximum Gasteiger partial charge on any atom is 0.266 e. The molecule has 0 aromatic carbocycles. The van der Waals surface area contributed by atoms with E-state index in [1.807, 2.05) is 17.0 Å². The van der Waals surface area contributed by atoms with Gasteiger partial charge in [-0.2, -0.15) is 0 Å². The van der Waals surface area contributed by atoms with Crippen molar-refractivity contribution < 1.29 is 9.90 Å². The van der Waals surface area contributed by atoms with Crippen LogP contribution in [0.2, 0.25) is 0 Å². The fourth-order valence-corrected chi connectivity index (χ4v) is 4.02. The van der Waals surface area contributed by atoms with Gasteiger partial charge in [0.05, 0.1) is 12.3 Å². The smallest absolute Gasteiger partial charge is 0.266 e. The maximum atomic E-state index is 12.8. The number of aliphatic hydroxyl groups is 1. The summed E-state index contributed by atoms with van der Waals surface area (Å²) in [4.78, 5) is 22.9. The van der Waals surface area contributed by atoms with E-state index in [1.54, 1.807) is 0 Å². The van der Waals surface area contributed by atoms with E-state index in [0.29, 0.717) is 36.1 Å². The standard InChI is InChI=1S/C17H24N4O2S/c1-11(2)13-4-3-12-14(18)15(24-16(12)19-13)17(23)21-7-5-20(6-8-21)9-10-22/h3-4,11,22H,5-10,18H2,1-2H3. The number of amides is 1. The molecule has 1 fully saturated rings. The topological polar surface area (TPSA) is 82.7 Å². The molecule has 1 saturated heterocycles. The SMILES string of the molecule is CC(C)c1ccc2c(N)c(C(=O)N3CCN(CCO)CC3)sc2n1. The van der Waals surface area contributed by atoms with Crippen LogP contribution < -0.4 is 5.73 Å². The molecule has 3 rings (SSSR count). The number of carbonyl (C=O) groups is 1. The van der Waals surface area contributed by atoms with Gasteiger partial charge in [-0.1, -0.05) is 13.8 Å². The van der Waals surface area contributed by atoms with E-state index in [-0.39, 0.29) is 12.5 Å². The molecule has 3 heterocycles. The highest BCUT2D eigenvalue weighted by Crippen LogP contribution is 2.34. The molecule has 2 aromatic heterocycles. The molecule has 130 valence electrons. The number of β-amino-alcohol motifs (C(OH)–C–C–N with tert-alkyl or cyclic N) is 1. The van der Waals surface area contributed by atoms with Gasteiger partial charge < -0.3 is 15.7 Å². The Labute approximate surface area is 145 Å². The van der Waals surface area contributed by atoms with Crippen molar-refractivity contribution in [2.24, 2.45) is 0 Å². The molecule has 0 unspecified atom stereocenters. The summed E-state index contributed by atoms with van der Waals surface area (Å²) in [7, 11) is 0. The molecule has 7 heteroatoms. The Kier molecular flexibility index (Phi) is 5.03. The molecule has 1 aliphatic rings. The zero-order valence-electron chi connectivity index (χ0n) is 14.2. The van der Waals surface area contributed by atoms with Crippen molar-refractivity contribution in [2.45, 2.75) is 19.8 Å². The van der Waals surface area contributed by atoms with Gasteiger partial charge in [-0.05, 0) is 18.1 Å². The average Bonchev–Trinajstić information content (AvgIpc) is 2.91. The van der Waals surface area contributed by atoms with Crippen molar-refractivity contribution in [3.63, 3.8) is 0 Å². The van der Waals surface area contributed by atoms with Crippen LogP contribution in [0, 0.1) is 0 Å². The summed E-state index contributed by atoms with van der Waals surface area (Å²) in [5.41, 5.74) is 7.78. The highest BCUT2D eigenvalue weighted by molar-refractivity contribution is 7.21. The molecular formula is C17H24N4O2S. The lowest BCUT2D eigenvalue weighted by Crippen LogP contribution is -2.49. The largest absolute Gasteiger partial charge is 0.397 e. The first kappa shape index (κ1) is 17.1. The number of aromatic nitrogens is 1. The number of carbonyl (C=O) groups excluding carboxylic acids is 1. The summed E-state index contributed by atoms with van der Waals surface area (Å²) in [6, 6.07) is 3.96. The minimum Gasteiger partial charge on any atom is -0.397 e. The second kappa shape index (κ2) is 7.04. The van der Waals surface area contributed by atoms with Crippen molar-refractivity contribution in [2.75, 3.05) is 45.1 Å². The second-order valence-electron chi connectivity index (χ2n) is 6.45. The highest BCUT2D eigenvalue weighted by Gasteiger charge is 2.26. The summed E-state index contributed by atoms with van der Waals surface area (Å²) in [5.74, 6) is 0.335. The average molecular weight is 348 g/mol. The zero-order valence-corrected chi connectivity index (χ0v) is 15.0.